The van der Waals surface area contributed by atoms with Gasteiger partial charge in [-0.05, 0) is 75.4 Å². The van der Waals surface area contributed by atoms with Gasteiger partial charge in [-0.25, -0.2) is 4.39 Å². The topological polar surface area (TPSA) is 59.2 Å². The zero-order chi connectivity index (χ0) is 21.3. The third-order valence-electron chi connectivity index (χ3n) is 5.78. The van der Waals surface area contributed by atoms with Gasteiger partial charge in [0.2, 0.25) is 5.91 Å². The standard InChI is InChI=1S/C24H26FN3O2/c1-15-11-19(12-18-6-8-20(25)9-7-18)13-22(26-15)23-5-4-10-28(23)24(29)14-21-16(2)27-30-17(21)3/h6-9,11,13,23H,4-5,10,12,14H2,1-3H3/t23-/m0/s1. The van der Waals surface area contributed by atoms with Gasteiger partial charge in [0.25, 0.3) is 0 Å². The summed E-state index contributed by atoms with van der Waals surface area (Å²) in [5.74, 6) is 0.547. The predicted octanol–water partition coefficient (Wildman–Crippen LogP) is 4.63. The van der Waals surface area contributed by atoms with Gasteiger partial charge in [0.15, 0.2) is 0 Å². The molecule has 0 saturated carbocycles. The summed E-state index contributed by atoms with van der Waals surface area (Å²) in [5.41, 5.74) is 5.66. The lowest BCUT2D eigenvalue weighted by atomic mass is 10.0. The first kappa shape index (κ1) is 20.3. The van der Waals surface area contributed by atoms with E-state index in [1.165, 1.54) is 12.1 Å². The van der Waals surface area contributed by atoms with E-state index in [2.05, 4.69) is 17.3 Å². The van der Waals surface area contributed by atoms with Gasteiger partial charge in [-0.15, -0.1) is 0 Å². The van der Waals surface area contributed by atoms with Crippen molar-refractivity contribution >= 4 is 5.91 Å². The van der Waals surface area contributed by atoms with Crippen molar-refractivity contribution < 1.29 is 13.7 Å². The summed E-state index contributed by atoms with van der Waals surface area (Å²) in [6, 6.07) is 10.7. The molecule has 0 radical (unpaired) electrons. The molecule has 156 valence electrons. The van der Waals surface area contributed by atoms with Crippen LogP contribution in [-0.2, 0) is 17.6 Å². The molecule has 1 saturated heterocycles. The van der Waals surface area contributed by atoms with Gasteiger partial charge in [-0.1, -0.05) is 17.3 Å². The molecule has 0 N–H and O–H groups in total. The quantitative estimate of drug-likeness (QED) is 0.619. The Hall–Kier alpha value is -3.02. The second kappa shape index (κ2) is 8.38. The minimum absolute atomic E-state index is 0.0233. The number of halogens is 1. The molecule has 30 heavy (non-hydrogen) atoms. The van der Waals surface area contributed by atoms with E-state index in [1.807, 2.05) is 25.7 Å². The maximum absolute atomic E-state index is 13.2. The Morgan fingerprint density at radius 3 is 2.63 bits per heavy atom. The van der Waals surface area contributed by atoms with E-state index in [1.54, 1.807) is 12.1 Å². The summed E-state index contributed by atoms with van der Waals surface area (Å²) in [4.78, 5) is 19.8. The maximum Gasteiger partial charge on any atom is 0.227 e. The number of aryl methyl sites for hydroxylation is 3. The molecule has 1 aromatic carbocycles. The Kier molecular flexibility index (Phi) is 5.66. The first-order chi connectivity index (χ1) is 14.4. The van der Waals surface area contributed by atoms with Crippen molar-refractivity contribution in [2.75, 3.05) is 6.54 Å². The normalized spacial score (nSPS) is 16.3. The minimum Gasteiger partial charge on any atom is -0.361 e. The number of aromatic nitrogens is 2. The van der Waals surface area contributed by atoms with Crippen LogP contribution in [0, 0.1) is 26.6 Å². The number of hydrogen-bond acceptors (Lipinski definition) is 4. The summed E-state index contributed by atoms with van der Waals surface area (Å²) in [6.07, 6.45) is 2.86. The van der Waals surface area contributed by atoms with Crippen molar-refractivity contribution in [2.24, 2.45) is 0 Å². The fourth-order valence-electron chi connectivity index (χ4n) is 4.26. The molecule has 1 aliphatic heterocycles. The van der Waals surface area contributed by atoms with E-state index in [-0.39, 0.29) is 17.8 Å². The highest BCUT2D eigenvalue weighted by Gasteiger charge is 2.32. The number of carbonyl (C=O) groups is 1. The lowest BCUT2D eigenvalue weighted by molar-refractivity contribution is -0.131. The molecular formula is C24H26FN3O2. The second-order valence-electron chi connectivity index (χ2n) is 8.07. The molecule has 5 nitrogen and oxygen atoms in total. The number of hydrogen-bond donors (Lipinski definition) is 0. The predicted molar refractivity (Wildman–Crippen MR) is 112 cm³/mol. The van der Waals surface area contributed by atoms with Crippen molar-refractivity contribution in [3.63, 3.8) is 0 Å². The van der Waals surface area contributed by atoms with Crippen LogP contribution in [0.1, 0.15) is 58.4 Å². The Morgan fingerprint density at radius 2 is 1.93 bits per heavy atom. The smallest absolute Gasteiger partial charge is 0.227 e. The SMILES string of the molecule is Cc1cc(Cc2ccc(F)cc2)cc([C@@H]2CCCN2C(=O)Cc2c(C)noc2C)n1. The van der Waals surface area contributed by atoms with E-state index in [9.17, 15) is 9.18 Å². The Bertz CT molecular complexity index is 1040. The van der Waals surface area contributed by atoms with Gasteiger partial charge in [-0.2, -0.15) is 0 Å². The summed E-state index contributed by atoms with van der Waals surface area (Å²) in [7, 11) is 0. The van der Waals surface area contributed by atoms with Crippen LogP contribution in [-0.4, -0.2) is 27.5 Å². The fraction of sp³-hybridized carbons (Fsp3) is 0.375. The van der Waals surface area contributed by atoms with Crippen LogP contribution in [0.2, 0.25) is 0 Å². The van der Waals surface area contributed by atoms with Crippen molar-refractivity contribution in [3.8, 4) is 0 Å². The molecule has 0 unspecified atom stereocenters. The van der Waals surface area contributed by atoms with Crippen LogP contribution in [0.25, 0.3) is 0 Å². The maximum atomic E-state index is 13.2. The fourth-order valence-corrected chi connectivity index (χ4v) is 4.26. The molecule has 0 bridgehead atoms. The molecule has 0 aliphatic carbocycles. The van der Waals surface area contributed by atoms with E-state index >= 15 is 0 Å². The lowest BCUT2D eigenvalue weighted by Crippen LogP contribution is -2.32. The van der Waals surface area contributed by atoms with Gasteiger partial charge in [0.05, 0.1) is 23.9 Å². The number of likely N-dealkylation sites (tertiary alicyclic amines) is 1. The summed E-state index contributed by atoms with van der Waals surface area (Å²) in [5, 5.41) is 3.96. The van der Waals surface area contributed by atoms with Crippen LogP contribution in [0.3, 0.4) is 0 Å². The molecule has 1 amide bonds. The van der Waals surface area contributed by atoms with E-state index in [0.717, 1.165) is 53.2 Å². The van der Waals surface area contributed by atoms with Gasteiger partial charge in [0.1, 0.15) is 11.6 Å². The largest absolute Gasteiger partial charge is 0.361 e. The first-order valence-corrected chi connectivity index (χ1v) is 10.3. The average Bonchev–Trinajstić information content (AvgIpc) is 3.32. The Labute approximate surface area is 175 Å². The zero-order valence-electron chi connectivity index (χ0n) is 17.6. The molecule has 6 heteroatoms. The minimum atomic E-state index is -0.233. The third-order valence-corrected chi connectivity index (χ3v) is 5.78. The number of benzene rings is 1. The van der Waals surface area contributed by atoms with E-state index in [0.29, 0.717) is 18.6 Å². The van der Waals surface area contributed by atoms with Crippen LogP contribution >= 0.6 is 0 Å². The number of rotatable bonds is 5. The average molecular weight is 407 g/mol. The Morgan fingerprint density at radius 1 is 1.17 bits per heavy atom. The number of pyridine rings is 1. The third kappa shape index (κ3) is 4.27. The summed E-state index contributed by atoms with van der Waals surface area (Å²) in [6.45, 7) is 6.41. The second-order valence-corrected chi connectivity index (χ2v) is 8.07. The molecule has 3 aromatic rings. The molecule has 3 heterocycles. The molecule has 4 rings (SSSR count). The van der Waals surface area contributed by atoms with Crippen LogP contribution in [0.15, 0.2) is 40.9 Å². The molecule has 1 aliphatic rings. The van der Waals surface area contributed by atoms with Crippen LogP contribution < -0.4 is 0 Å². The monoisotopic (exact) mass is 407 g/mol. The molecular weight excluding hydrogens is 381 g/mol. The van der Waals surface area contributed by atoms with E-state index < -0.39 is 0 Å². The summed E-state index contributed by atoms with van der Waals surface area (Å²) >= 11 is 0. The summed E-state index contributed by atoms with van der Waals surface area (Å²) < 4.78 is 18.4. The molecule has 2 aromatic heterocycles. The van der Waals surface area contributed by atoms with Gasteiger partial charge in [0, 0.05) is 17.8 Å². The highest BCUT2D eigenvalue weighted by Crippen LogP contribution is 2.32. The van der Waals surface area contributed by atoms with Gasteiger partial charge in [-0.3, -0.25) is 9.78 Å². The van der Waals surface area contributed by atoms with Crippen molar-refractivity contribution in [1.82, 2.24) is 15.0 Å². The molecule has 1 fully saturated rings. The van der Waals surface area contributed by atoms with Crippen LogP contribution in [0.5, 0.6) is 0 Å². The zero-order valence-corrected chi connectivity index (χ0v) is 17.6. The highest BCUT2D eigenvalue weighted by molar-refractivity contribution is 5.80. The highest BCUT2D eigenvalue weighted by atomic mass is 19.1. The van der Waals surface area contributed by atoms with E-state index in [4.69, 9.17) is 9.51 Å². The van der Waals surface area contributed by atoms with Crippen molar-refractivity contribution in [3.05, 3.63) is 81.7 Å². The lowest BCUT2D eigenvalue weighted by Gasteiger charge is -2.25. The Balaban J connectivity index is 1.55. The molecule has 1 atom stereocenters. The van der Waals surface area contributed by atoms with Crippen molar-refractivity contribution in [1.29, 1.82) is 0 Å². The van der Waals surface area contributed by atoms with Gasteiger partial charge >= 0.3 is 0 Å². The number of nitrogens with zero attached hydrogens (tertiary/aromatic N) is 3. The number of amides is 1. The van der Waals surface area contributed by atoms with Crippen molar-refractivity contribution in [2.45, 2.75) is 52.5 Å². The molecule has 0 spiro atoms. The number of carbonyl (C=O) groups excluding carboxylic acids is 1. The van der Waals surface area contributed by atoms with Crippen LogP contribution in [0.4, 0.5) is 4.39 Å². The van der Waals surface area contributed by atoms with Gasteiger partial charge < -0.3 is 9.42 Å². The first-order valence-electron chi connectivity index (χ1n) is 10.3.